The molecule has 1 aromatic carbocycles. The van der Waals surface area contributed by atoms with Crippen molar-refractivity contribution >= 4 is 0 Å². The highest BCUT2D eigenvalue weighted by atomic mass is 19.1. The summed E-state index contributed by atoms with van der Waals surface area (Å²) in [4.78, 5) is 5.93. The van der Waals surface area contributed by atoms with Gasteiger partial charge in [0, 0.05) is 43.6 Å². The van der Waals surface area contributed by atoms with Crippen molar-refractivity contribution in [3.05, 3.63) is 84.2 Å². The molecule has 1 spiro atoms. The third kappa shape index (κ3) is 6.32. The molecule has 2 aromatic heterocycles. The zero-order valence-electron chi connectivity index (χ0n) is 33.5. The number of benzene rings is 1. The zero-order valence-corrected chi connectivity index (χ0v) is 33.5. The summed E-state index contributed by atoms with van der Waals surface area (Å²) >= 11 is 0. The van der Waals surface area contributed by atoms with Gasteiger partial charge in [-0.1, -0.05) is 56.7 Å². The lowest BCUT2D eigenvalue weighted by Gasteiger charge is -2.58. The van der Waals surface area contributed by atoms with E-state index in [1.165, 1.54) is 49.1 Å². The highest BCUT2D eigenvalue weighted by Gasteiger charge is 2.68. The molecule has 1 unspecified atom stereocenters. The van der Waals surface area contributed by atoms with Crippen LogP contribution in [0.2, 0.25) is 0 Å². The molecule has 5 fully saturated rings. The molecule has 0 amide bonds. The van der Waals surface area contributed by atoms with Crippen molar-refractivity contribution in [1.29, 1.82) is 0 Å². The average molecular weight is 772 g/mol. The summed E-state index contributed by atoms with van der Waals surface area (Å²) in [6.45, 7) is 15.4. The van der Waals surface area contributed by atoms with Crippen molar-refractivity contribution < 1.29 is 23.4 Å². The zero-order chi connectivity index (χ0) is 39.0. The van der Waals surface area contributed by atoms with Crippen molar-refractivity contribution in [3.63, 3.8) is 0 Å². The fourth-order valence-corrected chi connectivity index (χ4v) is 13.1. The Hall–Kier alpha value is -3.32. The van der Waals surface area contributed by atoms with Gasteiger partial charge in [-0.2, -0.15) is 5.10 Å². The van der Waals surface area contributed by atoms with Crippen molar-refractivity contribution in [2.24, 2.45) is 46.3 Å². The minimum absolute atomic E-state index is 0.0150. The molecule has 4 heterocycles. The number of aromatic nitrogens is 6. The first kappa shape index (κ1) is 38.2. The van der Waals surface area contributed by atoms with E-state index in [2.05, 4.69) is 60.7 Å². The average Bonchev–Trinajstić information content (AvgIpc) is 3.95. The van der Waals surface area contributed by atoms with E-state index in [9.17, 15) is 9.50 Å². The summed E-state index contributed by atoms with van der Waals surface area (Å²) in [6.07, 6.45) is 19.8. The van der Waals surface area contributed by atoms with E-state index in [4.69, 9.17) is 9.47 Å². The van der Waals surface area contributed by atoms with Crippen molar-refractivity contribution in [2.75, 3.05) is 19.7 Å². The Morgan fingerprint density at radius 2 is 1.98 bits per heavy atom. The van der Waals surface area contributed by atoms with Gasteiger partial charge in [0.2, 0.25) is 0 Å². The summed E-state index contributed by atoms with van der Waals surface area (Å²) in [6, 6.07) is 3.47. The van der Waals surface area contributed by atoms with Gasteiger partial charge < -0.3 is 14.6 Å². The molecule has 0 radical (unpaired) electrons. The molecule has 9 rings (SSSR count). The lowest BCUT2D eigenvalue weighted by molar-refractivity contribution is -0.272. The van der Waals surface area contributed by atoms with Gasteiger partial charge in [0.1, 0.15) is 29.9 Å². The summed E-state index contributed by atoms with van der Waals surface area (Å²) in [5, 5.41) is 25.4. The predicted molar refractivity (Wildman–Crippen MR) is 207 cm³/mol. The largest absolute Gasteiger partial charge is 0.382 e. The first-order valence-electron chi connectivity index (χ1n) is 21.1. The van der Waals surface area contributed by atoms with Crippen molar-refractivity contribution in [3.8, 4) is 0 Å². The molecule has 12 atom stereocenters. The Labute approximate surface area is 329 Å². The van der Waals surface area contributed by atoms with Crippen LogP contribution in [0.4, 0.5) is 8.78 Å². The fourth-order valence-electron chi connectivity index (χ4n) is 13.1. The molecule has 4 aliphatic carbocycles. The maximum absolute atomic E-state index is 15.2. The second-order valence-corrected chi connectivity index (χ2v) is 19.1. The molecular weight excluding hydrogens is 713 g/mol. The Kier molecular flexibility index (Phi) is 9.69. The minimum Gasteiger partial charge on any atom is -0.382 e. The van der Waals surface area contributed by atoms with Gasteiger partial charge >= 0.3 is 0 Å². The van der Waals surface area contributed by atoms with Gasteiger partial charge in [-0.25, -0.2) is 23.1 Å². The topological polar surface area (TPSA) is 103 Å². The highest BCUT2D eigenvalue weighted by Crippen LogP contribution is 2.71. The SMILES string of the molecule is C=CCN(Cc1cn([C@@H]2CC[C@@]3(C)C(=CC[C@H]4[C@@H]5C[C@@H]6O[C@]7(CC[C@@H](C)CO7)[C@@H](C)[C@@H]6[C@@]5(C)CC[C@@H]43)C2)nn1)CC(O)(Cn1cncn1)c1ccc(F)cc1F. The minimum atomic E-state index is -1.74. The Balaban J connectivity index is 0.885. The second kappa shape index (κ2) is 14.2. The molecule has 3 aromatic rings. The lowest BCUT2D eigenvalue weighted by atomic mass is 9.46. The second-order valence-electron chi connectivity index (χ2n) is 19.1. The number of hydrogen-bond donors (Lipinski definition) is 1. The molecule has 1 N–H and O–H groups in total. The van der Waals surface area contributed by atoms with Crippen LogP contribution in [0, 0.1) is 58.0 Å². The number of hydrogen-bond acceptors (Lipinski definition) is 8. The van der Waals surface area contributed by atoms with Gasteiger partial charge in [-0.15, -0.1) is 11.7 Å². The normalized spacial score (nSPS) is 38.8. The summed E-state index contributed by atoms with van der Waals surface area (Å²) in [5.41, 5.74) is 1.09. The van der Waals surface area contributed by atoms with E-state index in [1.54, 1.807) is 11.6 Å². The molecule has 56 heavy (non-hydrogen) atoms. The van der Waals surface area contributed by atoms with Crippen LogP contribution in [-0.4, -0.2) is 71.4 Å². The molecule has 2 saturated heterocycles. The number of allylic oxidation sites excluding steroid dienone is 2. The number of fused-ring (bicyclic) bond motifs is 7. The molecule has 0 bridgehead atoms. The van der Waals surface area contributed by atoms with Crippen LogP contribution in [-0.2, 0) is 28.2 Å². The van der Waals surface area contributed by atoms with Gasteiger partial charge in [0.15, 0.2) is 5.79 Å². The van der Waals surface area contributed by atoms with Gasteiger partial charge in [0.25, 0.3) is 0 Å². The molecule has 3 saturated carbocycles. The van der Waals surface area contributed by atoms with E-state index in [1.807, 2.05) is 15.8 Å². The molecule has 10 nitrogen and oxygen atoms in total. The summed E-state index contributed by atoms with van der Waals surface area (Å²) in [7, 11) is 0. The number of ether oxygens (including phenoxy) is 2. The van der Waals surface area contributed by atoms with Crippen LogP contribution < -0.4 is 0 Å². The van der Waals surface area contributed by atoms with Crippen LogP contribution in [0.15, 0.2) is 61.4 Å². The smallest absolute Gasteiger partial charge is 0.171 e. The number of nitrogens with zero attached hydrogens (tertiary/aromatic N) is 7. The van der Waals surface area contributed by atoms with Crippen LogP contribution in [0.5, 0.6) is 0 Å². The number of halogens is 2. The Bertz CT molecular complexity index is 1940. The van der Waals surface area contributed by atoms with Crippen LogP contribution in [0.25, 0.3) is 0 Å². The monoisotopic (exact) mass is 771 g/mol. The van der Waals surface area contributed by atoms with Gasteiger partial charge in [0.05, 0.1) is 37.2 Å². The Morgan fingerprint density at radius 3 is 2.73 bits per heavy atom. The maximum atomic E-state index is 15.2. The molecular formula is C44H59F2N7O3. The third-order valence-electron chi connectivity index (χ3n) is 15.9. The standard InChI is InChI=1S/C44H59F2N7O3/c1-6-17-51(24-43(54,25-52-27-47-26-48-52)36-10-8-31(45)19-38(36)46)21-32-22-53(50-49-32)33-12-14-41(4)30(18-33)7-9-34-35(41)13-15-42(5)37(34)20-39-40(42)29(3)44(56-39)16-11-28(2)23-55-44/h6-8,10,19,22,26-29,33-35,37,39-40,54H,1,9,11-18,20-21,23-25H2,2-5H3/t28-,29+,33-,34-,35+,37+,39+,40+,41+,42+,43?,44-/m1/s1. The predicted octanol–water partition coefficient (Wildman–Crippen LogP) is 7.63. The van der Waals surface area contributed by atoms with E-state index in [-0.39, 0.29) is 35.9 Å². The van der Waals surface area contributed by atoms with Crippen LogP contribution >= 0.6 is 0 Å². The third-order valence-corrected chi connectivity index (χ3v) is 15.9. The van der Waals surface area contributed by atoms with E-state index in [0.717, 1.165) is 56.5 Å². The van der Waals surface area contributed by atoms with Crippen molar-refractivity contribution in [1.82, 2.24) is 34.7 Å². The molecule has 6 aliphatic rings. The van der Waals surface area contributed by atoms with E-state index in [0.29, 0.717) is 60.1 Å². The van der Waals surface area contributed by atoms with Gasteiger partial charge in [-0.05, 0) is 97.9 Å². The molecule has 302 valence electrons. The Morgan fingerprint density at radius 1 is 1.12 bits per heavy atom. The first-order chi connectivity index (χ1) is 26.8. The van der Waals surface area contributed by atoms with Crippen LogP contribution in [0.3, 0.4) is 0 Å². The van der Waals surface area contributed by atoms with Crippen molar-refractivity contribution in [2.45, 2.75) is 122 Å². The quantitative estimate of drug-likeness (QED) is 0.210. The maximum Gasteiger partial charge on any atom is 0.171 e. The summed E-state index contributed by atoms with van der Waals surface area (Å²) in [5.74, 6) is 1.82. The van der Waals surface area contributed by atoms with Gasteiger partial charge in [-0.3, -0.25) is 4.90 Å². The first-order valence-corrected chi connectivity index (χ1v) is 21.1. The molecule has 2 aliphatic heterocycles. The van der Waals surface area contributed by atoms with Crippen LogP contribution in [0.1, 0.15) is 103 Å². The lowest BCUT2D eigenvalue weighted by Crippen LogP contribution is -2.52. The highest BCUT2D eigenvalue weighted by molar-refractivity contribution is 5.28. The number of rotatable bonds is 10. The van der Waals surface area contributed by atoms with E-state index >= 15 is 4.39 Å². The summed E-state index contributed by atoms with van der Waals surface area (Å²) < 4.78 is 46.1. The molecule has 12 heteroatoms. The fraction of sp³-hybridized carbons (Fsp3) is 0.682. The van der Waals surface area contributed by atoms with E-state index < -0.39 is 17.2 Å². The number of aliphatic hydroxyl groups is 1.